The van der Waals surface area contributed by atoms with E-state index in [0.717, 1.165) is 11.3 Å². The zero-order valence-electron chi connectivity index (χ0n) is 11.2. The molecule has 1 atom stereocenters. The smallest absolute Gasteiger partial charge is 0.326 e. The Morgan fingerprint density at radius 1 is 1.32 bits per heavy atom. The molecule has 0 saturated heterocycles. The van der Waals surface area contributed by atoms with Crippen LogP contribution in [0.25, 0.3) is 0 Å². The first-order valence-electron chi connectivity index (χ1n) is 6.22. The van der Waals surface area contributed by atoms with Gasteiger partial charge in [-0.3, -0.25) is 4.79 Å². The number of nitrogens with one attached hydrogen (secondary N) is 1. The number of rotatable bonds is 7. The normalized spacial score (nSPS) is 11.7. The van der Waals surface area contributed by atoms with Crippen molar-refractivity contribution in [2.75, 3.05) is 7.11 Å². The molecule has 0 unspecified atom stereocenters. The number of methoxy groups -OCH3 is 1. The van der Waals surface area contributed by atoms with Gasteiger partial charge in [-0.25, -0.2) is 4.79 Å². The van der Waals surface area contributed by atoms with E-state index in [-0.39, 0.29) is 12.3 Å². The molecule has 2 N–H and O–H groups in total. The summed E-state index contributed by atoms with van der Waals surface area (Å²) < 4.78 is 5.04. The number of carbonyl (C=O) groups is 2. The molecule has 0 aliphatic carbocycles. The molecule has 5 heteroatoms. The average molecular weight is 265 g/mol. The highest BCUT2D eigenvalue weighted by molar-refractivity contribution is 5.83. The topological polar surface area (TPSA) is 75.6 Å². The third-order valence-corrected chi connectivity index (χ3v) is 2.84. The van der Waals surface area contributed by atoms with Crippen LogP contribution in [-0.2, 0) is 16.0 Å². The third-order valence-electron chi connectivity index (χ3n) is 2.84. The van der Waals surface area contributed by atoms with Crippen molar-refractivity contribution in [3.63, 3.8) is 0 Å². The number of carboxylic acid groups (broad SMARTS) is 1. The predicted molar refractivity (Wildman–Crippen MR) is 71.2 cm³/mol. The summed E-state index contributed by atoms with van der Waals surface area (Å²) in [6, 6.07) is 6.64. The van der Waals surface area contributed by atoms with Crippen molar-refractivity contribution in [1.82, 2.24) is 5.32 Å². The van der Waals surface area contributed by atoms with E-state index in [0.29, 0.717) is 12.8 Å². The maximum Gasteiger partial charge on any atom is 0.326 e. The van der Waals surface area contributed by atoms with E-state index in [2.05, 4.69) is 5.32 Å². The number of benzene rings is 1. The van der Waals surface area contributed by atoms with E-state index in [1.165, 1.54) is 0 Å². The van der Waals surface area contributed by atoms with Gasteiger partial charge in [0.1, 0.15) is 11.8 Å². The number of aryl methyl sites for hydroxylation is 1. The molecule has 1 rings (SSSR count). The molecule has 19 heavy (non-hydrogen) atoms. The molecule has 0 saturated carbocycles. The van der Waals surface area contributed by atoms with Gasteiger partial charge in [-0.2, -0.15) is 0 Å². The number of hydrogen-bond donors (Lipinski definition) is 2. The summed E-state index contributed by atoms with van der Waals surface area (Å²) in [7, 11) is 1.60. The van der Waals surface area contributed by atoms with Crippen LogP contribution in [0, 0.1) is 0 Å². The van der Waals surface area contributed by atoms with Crippen LogP contribution < -0.4 is 10.1 Å². The molecule has 0 radical (unpaired) electrons. The SMILES string of the molecule is CC[C@@H](NC(=O)CCc1ccc(OC)cc1)C(=O)O. The third kappa shape index (κ3) is 4.99. The molecular weight excluding hydrogens is 246 g/mol. The van der Waals surface area contributed by atoms with Crippen LogP contribution in [0.5, 0.6) is 5.75 Å². The van der Waals surface area contributed by atoms with E-state index >= 15 is 0 Å². The number of carboxylic acids is 1. The molecule has 0 aliphatic rings. The van der Waals surface area contributed by atoms with Gasteiger partial charge in [0.2, 0.25) is 5.91 Å². The van der Waals surface area contributed by atoms with E-state index in [4.69, 9.17) is 9.84 Å². The quantitative estimate of drug-likeness (QED) is 0.785. The van der Waals surface area contributed by atoms with Crippen molar-refractivity contribution in [1.29, 1.82) is 0 Å². The van der Waals surface area contributed by atoms with Gasteiger partial charge in [0.05, 0.1) is 7.11 Å². The molecule has 0 bridgehead atoms. The maximum atomic E-state index is 11.6. The number of aliphatic carboxylic acids is 1. The maximum absolute atomic E-state index is 11.6. The highest BCUT2D eigenvalue weighted by Crippen LogP contribution is 2.12. The summed E-state index contributed by atoms with van der Waals surface area (Å²) in [4.78, 5) is 22.4. The van der Waals surface area contributed by atoms with Crippen LogP contribution in [0.15, 0.2) is 24.3 Å². The average Bonchev–Trinajstić information content (AvgIpc) is 2.42. The summed E-state index contributed by atoms with van der Waals surface area (Å²) in [5.41, 5.74) is 1.01. The summed E-state index contributed by atoms with van der Waals surface area (Å²) in [6.07, 6.45) is 1.23. The molecule has 0 fully saturated rings. The van der Waals surface area contributed by atoms with Crippen LogP contribution in [0.2, 0.25) is 0 Å². The first-order chi connectivity index (χ1) is 9.06. The van der Waals surface area contributed by atoms with Gasteiger partial charge in [-0.15, -0.1) is 0 Å². The number of carbonyl (C=O) groups excluding carboxylic acids is 1. The Bertz CT molecular complexity index is 428. The lowest BCUT2D eigenvalue weighted by molar-refractivity contribution is -0.141. The first kappa shape index (κ1) is 15.0. The fourth-order valence-corrected chi connectivity index (χ4v) is 1.65. The van der Waals surface area contributed by atoms with Crippen molar-refractivity contribution in [2.45, 2.75) is 32.2 Å². The van der Waals surface area contributed by atoms with Crippen LogP contribution >= 0.6 is 0 Å². The fourth-order valence-electron chi connectivity index (χ4n) is 1.65. The highest BCUT2D eigenvalue weighted by Gasteiger charge is 2.16. The Kier molecular flexibility index (Phi) is 5.85. The van der Waals surface area contributed by atoms with Crippen molar-refractivity contribution in [2.24, 2.45) is 0 Å². The van der Waals surface area contributed by atoms with Gasteiger partial charge in [0.15, 0.2) is 0 Å². The monoisotopic (exact) mass is 265 g/mol. The minimum atomic E-state index is -1.000. The Balaban J connectivity index is 2.42. The number of ether oxygens (including phenoxy) is 1. The van der Waals surface area contributed by atoms with Gasteiger partial charge < -0.3 is 15.2 Å². The van der Waals surface area contributed by atoms with Gasteiger partial charge in [-0.05, 0) is 30.5 Å². The van der Waals surface area contributed by atoms with E-state index in [1.807, 2.05) is 24.3 Å². The Labute approximate surface area is 112 Å². The van der Waals surface area contributed by atoms with Crippen LogP contribution in [-0.4, -0.2) is 30.1 Å². The molecule has 1 aromatic rings. The minimum Gasteiger partial charge on any atom is -0.497 e. The molecule has 0 aliphatic heterocycles. The van der Waals surface area contributed by atoms with Crippen molar-refractivity contribution in [3.05, 3.63) is 29.8 Å². The second-order valence-electron chi connectivity index (χ2n) is 4.21. The first-order valence-corrected chi connectivity index (χ1v) is 6.22. The summed E-state index contributed by atoms with van der Waals surface area (Å²) in [5, 5.41) is 11.3. The van der Waals surface area contributed by atoms with Crippen molar-refractivity contribution in [3.8, 4) is 5.75 Å². The van der Waals surface area contributed by atoms with Crippen molar-refractivity contribution >= 4 is 11.9 Å². The zero-order chi connectivity index (χ0) is 14.3. The van der Waals surface area contributed by atoms with Gasteiger partial charge >= 0.3 is 5.97 Å². The lowest BCUT2D eigenvalue weighted by atomic mass is 10.1. The van der Waals surface area contributed by atoms with Crippen LogP contribution in [0.4, 0.5) is 0 Å². The standard InChI is InChI=1S/C14H19NO4/c1-3-12(14(17)18)15-13(16)9-6-10-4-7-11(19-2)8-5-10/h4-5,7-8,12H,3,6,9H2,1-2H3,(H,15,16)(H,17,18)/t12-/m1/s1. The Morgan fingerprint density at radius 3 is 2.42 bits per heavy atom. The predicted octanol–water partition coefficient (Wildman–Crippen LogP) is 1.61. The fraction of sp³-hybridized carbons (Fsp3) is 0.429. The zero-order valence-corrected chi connectivity index (χ0v) is 11.2. The molecule has 5 nitrogen and oxygen atoms in total. The molecule has 0 heterocycles. The molecule has 0 aromatic heterocycles. The molecule has 0 spiro atoms. The lowest BCUT2D eigenvalue weighted by Gasteiger charge is -2.12. The van der Waals surface area contributed by atoms with Gasteiger partial charge in [0, 0.05) is 6.42 Å². The van der Waals surface area contributed by atoms with Crippen molar-refractivity contribution < 1.29 is 19.4 Å². The summed E-state index contributed by atoms with van der Waals surface area (Å²) in [6.45, 7) is 1.72. The molecule has 1 aromatic carbocycles. The highest BCUT2D eigenvalue weighted by atomic mass is 16.5. The lowest BCUT2D eigenvalue weighted by Crippen LogP contribution is -2.40. The summed E-state index contributed by atoms with van der Waals surface area (Å²) in [5.74, 6) is -0.476. The van der Waals surface area contributed by atoms with E-state index in [1.54, 1.807) is 14.0 Å². The minimum absolute atomic E-state index is 0.245. The molecule has 104 valence electrons. The Morgan fingerprint density at radius 2 is 1.95 bits per heavy atom. The van der Waals surface area contributed by atoms with E-state index in [9.17, 15) is 9.59 Å². The number of hydrogen-bond acceptors (Lipinski definition) is 3. The van der Waals surface area contributed by atoms with Gasteiger partial charge in [-0.1, -0.05) is 19.1 Å². The van der Waals surface area contributed by atoms with E-state index < -0.39 is 12.0 Å². The van der Waals surface area contributed by atoms with Crippen LogP contribution in [0.3, 0.4) is 0 Å². The van der Waals surface area contributed by atoms with Crippen LogP contribution in [0.1, 0.15) is 25.3 Å². The summed E-state index contributed by atoms with van der Waals surface area (Å²) >= 11 is 0. The van der Waals surface area contributed by atoms with Gasteiger partial charge in [0.25, 0.3) is 0 Å². The molecule has 1 amide bonds. The largest absolute Gasteiger partial charge is 0.497 e. The second-order valence-corrected chi connectivity index (χ2v) is 4.21. The molecular formula is C14H19NO4. The second kappa shape index (κ2) is 7.41. The Hall–Kier alpha value is -2.04. The number of amides is 1.